The molecule has 0 rings (SSSR count). The number of carboxylic acid groups (broad SMARTS) is 1. The second kappa shape index (κ2) is 13.8. The first-order chi connectivity index (χ1) is 15.1. The van der Waals surface area contributed by atoms with Crippen molar-refractivity contribution in [3.8, 4) is 0 Å². The maximum Gasteiger partial charge on any atom is 0.325 e. The molecule has 0 fully saturated rings. The minimum Gasteiger partial charge on any atom is -0.480 e. The standard InChI is InChI=1S/C22H41N5O6/c1-9-12(6)17(27-20(30)16(11(4)5)25-18(28)13(7)23)21(31)26-15(10(2)3)19(29)24-14(8)22(32)33/h10-17H,9,23H2,1-8H3,(H,24,29)(H,25,28)(H,26,31)(H,27,30)(H,32,33)/t12-,13-,14-,15-,16-,17-/m0/s1. The molecule has 0 aliphatic carbocycles. The van der Waals surface area contributed by atoms with Crippen LogP contribution in [0.1, 0.15) is 61.8 Å². The lowest BCUT2D eigenvalue weighted by molar-refractivity contribution is -0.142. The zero-order chi connectivity index (χ0) is 26.0. The van der Waals surface area contributed by atoms with E-state index in [0.717, 1.165) is 0 Å². The molecule has 7 N–H and O–H groups in total. The number of carboxylic acids is 1. The van der Waals surface area contributed by atoms with E-state index in [1.54, 1.807) is 34.6 Å². The molecule has 0 aliphatic heterocycles. The second-order valence-corrected chi connectivity index (χ2v) is 9.19. The summed E-state index contributed by atoms with van der Waals surface area (Å²) in [6.07, 6.45) is 0.561. The van der Waals surface area contributed by atoms with E-state index in [1.165, 1.54) is 13.8 Å². The molecule has 190 valence electrons. The van der Waals surface area contributed by atoms with Crippen LogP contribution >= 0.6 is 0 Å². The first kappa shape index (κ1) is 30.3. The summed E-state index contributed by atoms with van der Waals surface area (Å²) in [5.41, 5.74) is 5.59. The maximum absolute atomic E-state index is 13.1. The summed E-state index contributed by atoms with van der Waals surface area (Å²) < 4.78 is 0. The Morgan fingerprint density at radius 3 is 1.39 bits per heavy atom. The van der Waals surface area contributed by atoms with Crippen molar-refractivity contribution >= 4 is 29.6 Å². The highest BCUT2D eigenvalue weighted by Gasteiger charge is 2.34. The van der Waals surface area contributed by atoms with Crippen molar-refractivity contribution in [3.05, 3.63) is 0 Å². The van der Waals surface area contributed by atoms with Gasteiger partial charge in [-0.1, -0.05) is 48.0 Å². The average Bonchev–Trinajstić information content (AvgIpc) is 2.71. The van der Waals surface area contributed by atoms with E-state index in [1.807, 2.05) is 6.92 Å². The summed E-state index contributed by atoms with van der Waals surface area (Å²) in [5, 5.41) is 19.3. The lowest BCUT2D eigenvalue weighted by Gasteiger charge is -2.30. The molecule has 11 heteroatoms. The van der Waals surface area contributed by atoms with E-state index in [2.05, 4.69) is 21.3 Å². The molecule has 6 atom stereocenters. The van der Waals surface area contributed by atoms with Gasteiger partial charge < -0.3 is 32.1 Å². The van der Waals surface area contributed by atoms with Crippen LogP contribution in [0, 0.1) is 17.8 Å². The van der Waals surface area contributed by atoms with Crippen molar-refractivity contribution in [3.63, 3.8) is 0 Å². The van der Waals surface area contributed by atoms with Crippen molar-refractivity contribution in [2.24, 2.45) is 23.5 Å². The molecule has 0 radical (unpaired) electrons. The fourth-order valence-electron chi connectivity index (χ4n) is 2.91. The molecule has 0 aromatic rings. The van der Waals surface area contributed by atoms with E-state index in [9.17, 15) is 24.0 Å². The maximum atomic E-state index is 13.1. The first-order valence-corrected chi connectivity index (χ1v) is 11.3. The van der Waals surface area contributed by atoms with Crippen molar-refractivity contribution in [2.75, 3.05) is 0 Å². The molecule has 33 heavy (non-hydrogen) atoms. The van der Waals surface area contributed by atoms with Crippen molar-refractivity contribution in [1.82, 2.24) is 21.3 Å². The Hall–Kier alpha value is -2.69. The highest BCUT2D eigenvalue weighted by atomic mass is 16.4. The molecule has 0 saturated carbocycles. The number of nitrogens with one attached hydrogen (secondary N) is 4. The van der Waals surface area contributed by atoms with Gasteiger partial charge >= 0.3 is 5.97 Å². The van der Waals surface area contributed by atoms with E-state index >= 15 is 0 Å². The van der Waals surface area contributed by atoms with E-state index in [4.69, 9.17) is 10.8 Å². The Kier molecular flexibility index (Phi) is 12.6. The number of amides is 4. The third-order valence-electron chi connectivity index (χ3n) is 5.43. The van der Waals surface area contributed by atoms with E-state index < -0.39 is 59.8 Å². The van der Waals surface area contributed by atoms with Crippen LogP contribution < -0.4 is 27.0 Å². The number of carbonyl (C=O) groups is 5. The SMILES string of the molecule is CC[C@H](C)[C@H](NC(=O)[C@@H](NC(=O)[C@H](C)N)C(C)C)C(=O)N[C@H](C(=O)N[C@@H](C)C(=O)O)C(C)C. The normalized spacial score (nSPS) is 16.7. The number of rotatable bonds is 13. The van der Waals surface area contributed by atoms with Gasteiger partial charge in [-0.05, 0) is 31.6 Å². The highest BCUT2D eigenvalue weighted by molar-refractivity contribution is 5.95. The van der Waals surface area contributed by atoms with Gasteiger partial charge in [-0.2, -0.15) is 0 Å². The lowest BCUT2D eigenvalue weighted by atomic mass is 9.95. The van der Waals surface area contributed by atoms with Gasteiger partial charge in [0.2, 0.25) is 23.6 Å². The molecular weight excluding hydrogens is 430 g/mol. The number of hydrogen-bond donors (Lipinski definition) is 6. The molecule has 0 aromatic carbocycles. The molecule has 0 saturated heterocycles. The number of aliphatic carboxylic acids is 1. The molecule has 0 aliphatic rings. The van der Waals surface area contributed by atoms with Crippen LogP contribution in [0.5, 0.6) is 0 Å². The summed E-state index contributed by atoms with van der Waals surface area (Å²) in [4.78, 5) is 61.7. The van der Waals surface area contributed by atoms with E-state index in [-0.39, 0.29) is 17.8 Å². The summed E-state index contributed by atoms with van der Waals surface area (Å²) >= 11 is 0. The molecular formula is C22H41N5O6. The van der Waals surface area contributed by atoms with Crippen LogP contribution in [0.3, 0.4) is 0 Å². The smallest absolute Gasteiger partial charge is 0.325 e. The van der Waals surface area contributed by atoms with Crippen LogP contribution in [-0.4, -0.2) is 64.9 Å². The fourth-order valence-corrected chi connectivity index (χ4v) is 2.91. The third-order valence-corrected chi connectivity index (χ3v) is 5.43. The lowest BCUT2D eigenvalue weighted by Crippen LogP contribution is -2.61. The van der Waals surface area contributed by atoms with Crippen LogP contribution in [0.15, 0.2) is 0 Å². The monoisotopic (exact) mass is 471 g/mol. The minimum atomic E-state index is -1.20. The quantitative estimate of drug-likeness (QED) is 0.214. The predicted molar refractivity (Wildman–Crippen MR) is 124 cm³/mol. The Morgan fingerprint density at radius 1 is 0.667 bits per heavy atom. The summed E-state index contributed by atoms with van der Waals surface area (Å²) in [6, 6.07) is -4.79. The first-order valence-electron chi connectivity index (χ1n) is 11.3. The van der Waals surface area contributed by atoms with Crippen LogP contribution in [0.4, 0.5) is 0 Å². The second-order valence-electron chi connectivity index (χ2n) is 9.19. The summed E-state index contributed by atoms with van der Waals surface area (Å²) in [7, 11) is 0. The van der Waals surface area contributed by atoms with Crippen molar-refractivity contribution in [2.45, 2.75) is 92.0 Å². The Balaban J connectivity index is 5.62. The van der Waals surface area contributed by atoms with Crippen molar-refractivity contribution < 1.29 is 29.1 Å². The van der Waals surface area contributed by atoms with Crippen LogP contribution in [-0.2, 0) is 24.0 Å². The zero-order valence-electron chi connectivity index (χ0n) is 20.9. The number of hydrogen-bond acceptors (Lipinski definition) is 6. The minimum absolute atomic E-state index is 0.264. The molecule has 0 aromatic heterocycles. The number of nitrogens with two attached hydrogens (primary N) is 1. The van der Waals surface area contributed by atoms with Crippen LogP contribution in [0.2, 0.25) is 0 Å². The topological polar surface area (TPSA) is 180 Å². The average molecular weight is 472 g/mol. The van der Waals surface area contributed by atoms with Crippen molar-refractivity contribution in [1.29, 1.82) is 0 Å². The van der Waals surface area contributed by atoms with Gasteiger partial charge in [0.25, 0.3) is 0 Å². The van der Waals surface area contributed by atoms with E-state index in [0.29, 0.717) is 6.42 Å². The zero-order valence-corrected chi connectivity index (χ0v) is 20.9. The highest BCUT2D eigenvalue weighted by Crippen LogP contribution is 2.12. The summed E-state index contributed by atoms with van der Waals surface area (Å²) in [5.74, 6) is -4.31. The Labute approximate surface area is 196 Å². The largest absolute Gasteiger partial charge is 0.480 e. The number of carbonyl (C=O) groups excluding carboxylic acids is 4. The van der Waals surface area contributed by atoms with Gasteiger partial charge in [-0.15, -0.1) is 0 Å². The Bertz CT molecular complexity index is 709. The van der Waals surface area contributed by atoms with Gasteiger partial charge in [-0.3, -0.25) is 24.0 Å². The third kappa shape index (κ3) is 9.77. The molecule has 0 spiro atoms. The van der Waals surface area contributed by atoms with Gasteiger partial charge in [-0.25, -0.2) is 0 Å². The van der Waals surface area contributed by atoms with Gasteiger partial charge in [0.1, 0.15) is 24.2 Å². The van der Waals surface area contributed by atoms with Crippen LogP contribution in [0.25, 0.3) is 0 Å². The molecule has 0 unspecified atom stereocenters. The predicted octanol–water partition coefficient (Wildman–Crippen LogP) is -0.265. The summed E-state index contributed by atoms with van der Waals surface area (Å²) in [6.45, 7) is 13.4. The van der Waals surface area contributed by atoms with Gasteiger partial charge in [0.15, 0.2) is 0 Å². The molecule has 4 amide bonds. The molecule has 11 nitrogen and oxygen atoms in total. The van der Waals surface area contributed by atoms with Gasteiger partial charge in [0, 0.05) is 0 Å². The molecule has 0 bridgehead atoms. The Morgan fingerprint density at radius 2 is 1.03 bits per heavy atom. The molecule has 0 heterocycles. The fraction of sp³-hybridized carbons (Fsp3) is 0.773. The van der Waals surface area contributed by atoms with Gasteiger partial charge in [0.05, 0.1) is 6.04 Å².